The van der Waals surface area contributed by atoms with Crippen molar-refractivity contribution in [3.8, 4) is 11.5 Å². The second-order valence-corrected chi connectivity index (χ2v) is 7.44. The lowest BCUT2D eigenvalue weighted by Gasteiger charge is -2.46. The lowest BCUT2D eigenvalue weighted by molar-refractivity contribution is -0.129. The number of hydrogen-bond acceptors (Lipinski definition) is 5. The molecule has 2 atom stereocenters. The molecule has 4 rings (SSSR count). The van der Waals surface area contributed by atoms with Gasteiger partial charge in [0, 0.05) is 18.9 Å². The fourth-order valence-electron chi connectivity index (χ4n) is 3.76. The van der Waals surface area contributed by atoms with E-state index in [1.165, 1.54) is 17.1 Å². The number of nitrogens with zero attached hydrogens (tertiary/aromatic N) is 3. The maximum atomic E-state index is 12.7. The summed E-state index contributed by atoms with van der Waals surface area (Å²) in [7, 11) is 1.58. The molecular formula is C23H24N4O4. The molecule has 0 bridgehead atoms. The highest BCUT2D eigenvalue weighted by molar-refractivity contribution is 5.84. The maximum Gasteiger partial charge on any atom is 0.329 e. The van der Waals surface area contributed by atoms with Gasteiger partial charge in [0.15, 0.2) is 11.5 Å². The Bertz CT molecular complexity index is 1050. The normalized spacial score (nSPS) is 17.6. The summed E-state index contributed by atoms with van der Waals surface area (Å²) in [5.74, 6) is 0.416. The van der Waals surface area contributed by atoms with Crippen LogP contribution in [0.1, 0.15) is 11.1 Å². The SMILES string of the molecule is COc1cc(CC2C(C(N)=O)CN2C(=O)n2ccnc2)ccc1OCc1ccccc1. The van der Waals surface area contributed by atoms with Crippen molar-refractivity contribution >= 4 is 11.9 Å². The molecule has 8 nitrogen and oxygen atoms in total. The number of carbonyl (C=O) groups is 2. The molecular weight excluding hydrogens is 396 g/mol. The number of methoxy groups -OCH3 is 1. The van der Waals surface area contributed by atoms with E-state index in [4.69, 9.17) is 15.2 Å². The van der Waals surface area contributed by atoms with Crippen molar-refractivity contribution in [1.82, 2.24) is 14.5 Å². The van der Waals surface area contributed by atoms with Gasteiger partial charge in [0.25, 0.3) is 0 Å². The van der Waals surface area contributed by atoms with Gasteiger partial charge in [-0.3, -0.25) is 9.36 Å². The summed E-state index contributed by atoms with van der Waals surface area (Å²) >= 11 is 0. The Morgan fingerprint density at radius 3 is 2.61 bits per heavy atom. The van der Waals surface area contributed by atoms with Crippen LogP contribution >= 0.6 is 0 Å². The Kier molecular flexibility index (Phi) is 5.88. The zero-order chi connectivity index (χ0) is 21.8. The molecule has 0 aliphatic carbocycles. The quantitative estimate of drug-likeness (QED) is 0.633. The lowest BCUT2D eigenvalue weighted by atomic mass is 9.83. The second-order valence-electron chi connectivity index (χ2n) is 7.44. The minimum absolute atomic E-state index is 0.227. The molecule has 8 heteroatoms. The van der Waals surface area contributed by atoms with E-state index in [1.54, 1.807) is 18.2 Å². The minimum atomic E-state index is -0.408. The minimum Gasteiger partial charge on any atom is -0.493 e. The van der Waals surface area contributed by atoms with Crippen molar-refractivity contribution in [2.45, 2.75) is 19.1 Å². The van der Waals surface area contributed by atoms with Crippen LogP contribution in [0.25, 0.3) is 0 Å². The number of imidazole rings is 1. The van der Waals surface area contributed by atoms with Crippen LogP contribution in [0, 0.1) is 5.92 Å². The summed E-state index contributed by atoms with van der Waals surface area (Å²) in [6.45, 7) is 0.725. The summed E-state index contributed by atoms with van der Waals surface area (Å²) in [6.07, 6.45) is 5.04. The highest BCUT2D eigenvalue weighted by atomic mass is 16.5. The number of rotatable bonds is 7. The number of nitrogens with two attached hydrogens (primary N) is 1. The van der Waals surface area contributed by atoms with Crippen molar-refractivity contribution in [3.05, 3.63) is 78.4 Å². The van der Waals surface area contributed by atoms with Crippen LogP contribution in [0.2, 0.25) is 0 Å². The van der Waals surface area contributed by atoms with Gasteiger partial charge in [-0.1, -0.05) is 36.4 Å². The average Bonchev–Trinajstić information content (AvgIpc) is 3.31. The fourth-order valence-corrected chi connectivity index (χ4v) is 3.76. The second kappa shape index (κ2) is 8.91. The molecule has 2 N–H and O–H groups in total. The first-order chi connectivity index (χ1) is 15.1. The molecule has 1 aliphatic heterocycles. The molecule has 3 aromatic rings. The molecule has 0 saturated carbocycles. The number of amides is 2. The number of carbonyl (C=O) groups excluding carboxylic acids is 2. The van der Waals surface area contributed by atoms with Crippen LogP contribution in [0.4, 0.5) is 4.79 Å². The van der Waals surface area contributed by atoms with Crippen molar-refractivity contribution in [1.29, 1.82) is 0 Å². The van der Waals surface area contributed by atoms with Crippen LogP contribution in [0.5, 0.6) is 11.5 Å². The number of benzene rings is 2. The molecule has 2 unspecified atom stereocenters. The smallest absolute Gasteiger partial charge is 0.329 e. The molecule has 1 fully saturated rings. The van der Waals surface area contributed by atoms with Gasteiger partial charge in [-0.25, -0.2) is 9.78 Å². The van der Waals surface area contributed by atoms with Gasteiger partial charge in [-0.05, 0) is 29.7 Å². The van der Waals surface area contributed by atoms with E-state index in [0.29, 0.717) is 31.1 Å². The third-order valence-corrected chi connectivity index (χ3v) is 5.50. The monoisotopic (exact) mass is 420 g/mol. The van der Waals surface area contributed by atoms with Gasteiger partial charge in [0.1, 0.15) is 12.9 Å². The largest absolute Gasteiger partial charge is 0.493 e. The summed E-state index contributed by atoms with van der Waals surface area (Å²) in [6, 6.07) is 14.9. The van der Waals surface area contributed by atoms with E-state index in [0.717, 1.165) is 11.1 Å². The summed E-state index contributed by atoms with van der Waals surface area (Å²) in [5.41, 5.74) is 7.53. The predicted octanol–water partition coefficient (Wildman–Crippen LogP) is 2.47. The molecule has 1 aromatic heterocycles. The van der Waals surface area contributed by atoms with Crippen molar-refractivity contribution in [3.63, 3.8) is 0 Å². The summed E-state index contributed by atoms with van der Waals surface area (Å²) in [5, 5.41) is 0. The Hall–Kier alpha value is -3.81. The number of ether oxygens (including phenoxy) is 2. The highest BCUT2D eigenvalue weighted by Gasteiger charge is 2.45. The first-order valence-electron chi connectivity index (χ1n) is 9.98. The first kappa shape index (κ1) is 20.5. The molecule has 160 valence electrons. The topological polar surface area (TPSA) is 99.7 Å². The van der Waals surface area contributed by atoms with E-state index in [2.05, 4.69) is 4.98 Å². The van der Waals surface area contributed by atoms with E-state index in [9.17, 15) is 9.59 Å². The summed E-state index contributed by atoms with van der Waals surface area (Å²) < 4.78 is 12.8. The van der Waals surface area contributed by atoms with E-state index in [-0.39, 0.29) is 12.1 Å². The zero-order valence-electron chi connectivity index (χ0n) is 17.2. The zero-order valence-corrected chi connectivity index (χ0v) is 17.2. The van der Waals surface area contributed by atoms with Gasteiger partial charge in [0.2, 0.25) is 5.91 Å². The van der Waals surface area contributed by atoms with Crippen molar-refractivity contribution in [2.75, 3.05) is 13.7 Å². The molecule has 2 amide bonds. The van der Waals surface area contributed by atoms with Gasteiger partial charge in [-0.2, -0.15) is 0 Å². The average molecular weight is 420 g/mol. The number of aromatic nitrogens is 2. The van der Waals surface area contributed by atoms with Crippen LogP contribution in [-0.2, 0) is 17.8 Å². The van der Waals surface area contributed by atoms with E-state index < -0.39 is 11.8 Å². The third kappa shape index (κ3) is 4.37. The molecule has 2 aromatic carbocycles. The molecule has 31 heavy (non-hydrogen) atoms. The predicted molar refractivity (Wildman–Crippen MR) is 114 cm³/mol. The van der Waals surface area contributed by atoms with Crippen LogP contribution in [0.3, 0.4) is 0 Å². The first-order valence-corrected chi connectivity index (χ1v) is 9.98. The highest BCUT2D eigenvalue weighted by Crippen LogP contribution is 2.33. The van der Waals surface area contributed by atoms with Crippen LogP contribution in [0.15, 0.2) is 67.3 Å². The molecule has 2 heterocycles. The maximum absolute atomic E-state index is 12.7. The molecule has 1 aliphatic rings. The third-order valence-electron chi connectivity index (χ3n) is 5.50. The van der Waals surface area contributed by atoms with Gasteiger partial charge in [-0.15, -0.1) is 0 Å². The number of primary amides is 1. The Labute approximate surface area is 180 Å². The Morgan fingerprint density at radius 2 is 1.94 bits per heavy atom. The standard InChI is InChI=1S/C23H24N4O4/c1-30-21-12-17(7-8-20(21)31-14-16-5-3-2-4-6-16)11-19-18(22(24)28)13-27(19)23(29)26-10-9-25-15-26/h2-10,12,15,18-19H,11,13-14H2,1H3,(H2,24,28). The summed E-state index contributed by atoms with van der Waals surface area (Å²) in [4.78, 5) is 30.1. The van der Waals surface area contributed by atoms with Crippen LogP contribution in [-0.4, -0.2) is 46.1 Å². The molecule has 0 radical (unpaired) electrons. The fraction of sp³-hybridized carbons (Fsp3) is 0.261. The number of likely N-dealkylation sites (tertiary alicyclic amines) is 1. The van der Waals surface area contributed by atoms with Crippen LogP contribution < -0.4 is 15.2 Å². The van der Waals surface area contributed by atoms with Crippen molar-refractivity contribution < 1.29 is 19.1 Å². The Morgan fingerprint density at radius 1 is 1.13 bits per heavy atom. The van der Waals surface area contributed by atoms with Crippen molar-refractivity contribution in [2.24, 2.45) is 11.7 Å². The Balaban J connectivity index is 1.48. The lowest BCUT2D eigenvalue weighted by Crippen LogP contribution is -2.64. The van der Waals surface area contributed by atoms with Gasteiger partial charge in [0.05, 0.1) is 19.1 Å². The van der Waals surface area contributed by atoms with Gasteiger partial charge >= 0.3 is 6.03 Å². The van der Waals surface area contributed by atoms with Gasteiger partial charge < -0.3 is 20.1 Å². The molecule has 0 spiro atoms. The molecule has 1 saturated heterocycles. The van der Waals surface area contributed by atoms with E-state index in [1.807, 2.05) is 48.5 Å². The van der Waals surface area contributed by atoms with E-state index >= 15 is 0 Å². The number of hydrogen-bond donors (Lipinski definition) is 1.